The van der Waals surface area contributed by atoms with Crippen LogP contribution in [0.2, 0.25) is 0 Å². The van der Waals surface area contributed by atoms with Crippen LogP contribution in [0, 0.1) is 13.8 Å². The van der Waals surface area contributed by atoms with Gasteiger partial charge in [0.1, 0.15) is 0 Å². The molecule has 0 amide bonds. The highest BCUT2D eigenvalue weighted by Crippen LogP contribution is 2.25. The Bertz CT molecular complexity index is 436. The lowest BCUT2D eigenvalue weighted by atomic mass is 10.1. The van der Waals surface area contributed by atoms with E-state index in [1.54, 1.807) is 11.3 Å². The maximum Gasteiger partial charge on any atom is 0.348 e. The molecule has 1 aliphatic heterocycles. The summed E-state index contributed by atoms with van der Waals surface area (Å²) in [6, 6.07) is 2.02. The van der Waals surface area contributed by atoms with Crippen LogP contribution in [-0.4, -0.2) is 22.9 Å². The normalized spacial score (nSPS) is 19.9. The predicted octanol–water partition coefficient (Wildman–Crippen LogP) is 1.94. The summed E-state index contributed by atoms with van der Waals surface area (Å²) in [6.45, 7) is 4.02. The van der Waals surface area contributed by atoms with Gasteiger partial charge >= 0.3 is 5.97 Å². The minimum Gasteiger partial charge on any atom is -0.478 e. The molecule has 15 heavy (non-hydrogen) atoms. The van der Waals surface area contributed by atoms with Gasteiger partial charge in [-0.2, -0.15) is 0 Å². The van der Waals surface area contributed by atoms with Crippen molar-refractivity contribution in [2.75, 3.05) is 0 Å². The molecule has 1 aliphatic rings. The van der Waals surface area contributed by atoms with E-state index in [4.69, 9.17) is 9.94 Å². The number of carbonyl (C=O) groups is 1. The van der Waals surface area contributed by atoms with E-state index in [9.17, 15) is 4.79 Å². The third-order valence-electron chi connectivity index (χ3n) is 2.30. The number of hydrogen-bond donors (Lipinski definition) is 1. The topological polar surface area (TPSA) is 58.9 Å². The van der Waals surface area contributed by atoms with Gasteiger partial charge in [-0.1, -0.05) is 5.16 Å². The lowest BCUT2D eigenvalue weighted by molar-refractivity contribution is -0.148. The number of hydrogen-bond acceptors (Lipinski definition) is 4. The molecular formula is C10H11NO3S. The fourth-order valence-electron chi connectivity index (χ4n) is 1.59. The van der Waals surface area contributed by atoms with Crippen molar-refractivity contribution in [3.8, 4) is 0 Å². The fraction of sp³-hybridized carbons (Fsp3) is 0.400. The van der Waals surface area contributed by atoms with Crippen molar-refractivity contribution in [2.45, 2.75) is 26.4 Å². The Labute approximate surface area is 91.2 Å². The van der Waals surface area contributed by atoms with E-state index in [0.29, 0.717) is 6.42 Å². The molecule has 0 saturated carbocycles. The van der Waals surface area contributed by atoms with Gasteiger partial charge in [-0.05, 0) is 19.9 Å². The number of aryl methyl sites for hydroxylation is 2. The zero-order valence-electron chi connectivity index (χ0n) is 8.48. The molecule has 80 valence electrons. The zero-order chi connectivity index (χ0) is 11.0. The number of rotatable bonds is 2. The number of aliphatic carboxylic acids is 1. The number of carboxylic acid groups (broad SMARTS) is 1. The van der Waals surface area contributed by atoms with Crippen molar-refractivity contribution in [1.29, 1.82) is 0 Å². The summed E-state index contributed by atoms with van der Waals surface area (Å²) in [4.78, 5) is 17.9. The molecular weight excluding hydrogens is 214 g/mol. The second-order valence-corrected chi connectivity index (χ2v) is 4.96. The van der Waals surface area contributed by atoms with Gasteiger partial charge in [-0.25, -0.2) is 4.79 Å². The molecule has 0 fully saturated rings. The Kier molecular flexibility index (Phi) is 2.48. The van der Waals surface area contributed by atoms with E-state index in [1.807, 2.05) is 19.9 Å². The fourth-order valence-corrected chi connectivity index (χ4v) is 2.53. The smallest absolute Gasteiger partial charge is 0.348 e. The van der Waals surface area contributed by atoms with Crippen LogP contribution in [0.25, 0.3) is 0 Å². The Balaban J connectivity index is 2.21. The van der Waals surface area contributed by atoms with E-state index in [2.05, 4.69) is 5.16 Å². The van der Waals surface area contributed by atoms with Crippen LogP contribution in [-0.2, 0) is 9.63 Å². The average Bonchev–Trinajstić information content (AvgIpc) is 2.71. The largest absolute Gasteiger partial charge is 0.478 e. The summed E-state index contributed by atoms with van der Waals surface area (Å²) in [6.07, 6.45) is -0.466. The van der Waals surface area contributed by atoms with E-state index in [1.165, 1.54) is 4.88 Å². The first kappa shape index (κ1) is 10.2. The van der Waals surface area contributed by atoms with E-state index >= 15 is 0 Å². The summed E-state index contributed by atoms with van der Waals surface area (Å²) in [7, 11) is 0. The standard InChI is InChI=1S/C10H11NO3S/c1-5-3-7(6(2)15-5)8-4-9(10(12)13)14-11-8/h3,9H,4H2,1-2H3,(H,12,13). The maximum atomic E-state index is 10.7. The molecule has 5 heteroatoms. The highest BCUT2D eigenvalue weighted by molar-refractivity contribution is 7.12. The summed E-state index contributed by atoms with van der Waals surface area (Å²) in [5.74, 6) is -0.960. The molecule has 0 radical (unpaired) electrons. The molecule has 2 rings (SSSR count). The highest BCUT2D eigenvalue weighted by atomic mass is 32.1. The lowest BCUT2D eigenvalue weighted by Gasteiger charge is -1.99. The molecule has 1 aromatic heterocycles. The summed E-state index contributed by atoms with van der Waals surface area (Å²) < 4.78 is 0. The Morgan fingerprint density at radius 2 is 2.40 bits per heavy atom. The van der Waals surface area contributed by atoms with Crippen LogP contribution in [0.1, 0.15) is 21.7 Å². The minimum atomic E-state index is -0.960. The van der Waals surface area contributed by atoms with Crippen LogP contribution in [0.3, 0.4) is 0 Å². The van der Waals surface area contributed by atoms with E-state index < -0.39 is 12.1 Å². The Morgan fingerprint density at radius 1 is 1.67 bits per heavy atom. The van der Waals surface area contributed by atoms with Gasteiger partial charge in [-0.15, -0.1) is 11.3 Å². The quantitative estimate of drug-likeness (QED) is 0.836. The summed E-state index contributed by atoms with van der Waals surface area (Å²) in [5.41, 5.74) is 1.76. The maximum absolute atomic E-state index is 10.7. The van der Waals surface area contributed by atoms with Crippen molar-refractivity contribution in [3.05, 3.63) is 21.4 Å². The second kappa shape index (κ2) is 3.66. The van der Waals surface area contributed by atoms with Crippen LogP contribution in [0.5, 0.6) is 0 Å². The lowest BCUT2D eigenvalue weighted by Crippen LogP contribution is -2.19. The molecule has 0 bridgehead atoms. The summed E-state index contributed by atoms with van der Waals surface area (Å²) in [5, 5.41) is 12.6. The van der Waals surface area contributed by atoms with E-state index in [0.717, 1.165) is 16.2 Å². The van der Waals surface area contributed by atoms with Gasteiger partial charge in [-0.3, -0.25) is 0 Å². The minimum absolute atomic E-state index is 0.354. The number of carboxylic acids is 1. The van der Waals surface area contributed by atoms with Crippen LogP contribution >= 0.6 is 11.3 Å². The third kappa shape index (κ3) is 1.87. The molecule has 1 atom stereocenters. The Morgan fingerprint density at radius 3 is 2.87 bits per heavy atom. The van der Waals surface area contributed by atoms with E-state index in [-0.39, 0.29) is 0 Å². The first-order valence-electron chi connectivity index (χ1n) is 4.61. The zero-order valence-corrected chi connectivity index (χ0v) is 9.30. The van der Waals surface area contributed by atoms with Crippen LogP contribution in [0.15, 0.2) is 11.2 Å². The predicted molar refractivity (Wildman–Crippen MR) is 57.5 cm³/mol. The summed E-state index contributed by atoms with van der Waals surface area (Å²) >= 11 is 1.68. The molecule has 2 heterocycles. The van der Waals surface area contributed by atoms with Gasteiger partial charge in [0.15, 0.2) is 0 Å². The molecule has 1 N–H and O–H groups in total. The first-order chi connectivity index (χ1) is 7.08. The van der Waals surface area contributed by atoms with Gasteiger partial charge < -0.3 is 9.94 Å². The molecule has 1 aromatic rings. The van der Waals surface area contributed by atoms with Crippen LogP contribution in [0.4, 0.5) is 0 Å². The van der Waals surface area contributed by atoms with Crippen molar-refractivity contribution in [1.82, 2.24) is 0 Å². The number of nitrogens with zero attached hydrogens (tertiary/aromatic N) is 1. The molecule has 4 nitrogen and oxygen atoms in total. The highest BCUT2D eigenvalue weighted by Gasteiger charge is 2.29. The third-order valence-corrected chi connectivity index (χ3v) is 3.26. The number of oxime groups is 1. The SMILES string of the molecule is Cc1cc(C2=NOC(C(=O)O)C2)c(C)s1. The monoisotopic (exact) mass is 225 g/mol. The van der Waals surface area contributed by atoms with Gasteiger partial charge in [0.2, 0.25) is 6.10 Å². The van der Waals surface area contributed by atoms with Crippen LogP contribution < -0.4 is 0 Å². The van der Waals surface area contributed by atoms with Crippen molar-refractivity contribution in [3.63, 3.8) is 0 Å². The Hall–Kier alpha value is -1.36. The molecule has 0 aliphatic carbocycles. The number of thiophene rings is 1. The van der Waals surface area contributed by atoms with Crippen molar-refractivity contribution < 1.29 is 14.7 Å². The molecule has 0 saturated heterocycles. The molecule has 0 aromatic carbocycles. The van der Waals surface area contributed by atoms with Crippen molar-refractivity contribution in [2.24, 2.45) is 5.16 Å². The molecule has 1 unspecified atom stereocenters. The first-order valence-corrected chi connectivity index (χ1v) is 5.42. The van der Waals surface area contributed by atoms with Crippen molar-refractivity contribution >= 4 is 23.0 Å². The van der Waals surface area contributed by atoms with Gasteiger partial charge in [0.25, 0.3) is 0 Å². The average molecular weight is 225 g/mol. The van der Waals surface area contributed by atoms with Gasteiger partial charge in [0.05, 0.1) is 5.71 Å². The second-order valence-electron chi connectivity index (χ2n) is 3.50. The van der Waals surface area contributed by atoms with Gasteiger partial charge in [0, 0.05) is 21.7 Å². The molecule has 0 spiro atoms.